The van der Waals surface area contributed by atoms with Crippen LogP contribution in [0.2, 0.25) is 0 Å². The number of likely N-dealkylation sites (N-methyl/N-ethyl adjacent to an activating group) is 1. The van der Waals surface area contributed by atoms with E-state index in [2.05, 4.69) is 4.90 Å². The van der Waals surface area contributed by atoms with Gasteiger partial charge in [-0.15, -0.1) is 0 Å². The van der Waals surface area contributed by atoms with E-state index in [0.29, 0.717) is 38.9 Å². The third-order valence-corrected chi connectivity index (χ3v) is 6.28. The normalized spacial score (nSPS) is 36.9. The fourth-order valence-electron chi connectivity index (χ4n) is 4.87. The molecular formula is C16H23F2N3O3. The van der Waals surface area contributed by atoms with E-state index in [9.17, 15) is 23.5 Å². The van der Waals surface area contributed by atoms with E-state index in [-0.39, 0.29) is 30.7 Å². The summed E-state index contributed by atoms with van der Waals surface area (Å²) in [4.78, 5) is 30.2. The molecule has 1 saturated carbocycles. The van der Waals surface area contributed by atoms with Crippen molar-refractivity contribution in [1.82, 2.24) is 14.7 Å². The number of fused-ring (bicyclic) bond motifs is 2. The van der Waals surface area contributed by atoms with Crippen molar-refractivity contribution in [3.05, 3.63) is 0 Å². The molecule has 0 bridgehead atoms. The van der Waals surface area contributed by atoms with E-state index < -0.39 is 23.6 Å². The average Bonchev–Trinajstić information content (AvgIpc) is 2.87. The predicted octanol–water partition coefficient (Wildman–Crippen LogP) is 0.0525. The van der Waals surface area contributed by atoms with Crippen molar-refractivity contribution in [1.29, 1.82) is 0 Å². The number of hydrogen-bond donors (Lipinski definition) is 1. The highest BCUT2D eigenvalue weighted by molar-refractivity contribution is 6.05. The molecule has 6 nitrogen and oxygen atoms in total. The van der Waals surface area contributed by atoms with Crippen molar-refractivity contribution in [2.75, 3.05) is 26.7 Å². The number of imide groups is 1. The van der Waals surface area contributed by atoms with Gasteiger partial charge in [-0.05, 0) is 19.3 Å². The number of aliphatic hydroxyl groups excluding tert-OH is 1. The highest BCUT2D eigenvalue weighted by Crippen LogP contribution is 2.43. The molecule has 4 fully saturated rings. The van der Waals surface area contributed by atoms with E-state index in [4.69, 9.17) is 0 Å². The lowest BCUT2D eigenvalue weighted by molar-refractivity contribution is -0.182. The molecule has 0 aromatic heterocycles. The number of hydrogen-bond acceptors (Lipinski definition) is 5. The molecule has 3 saturated heterocycles. The number of aliphatic hydroxyl groups is 1. The van der Waals surface area contributed by atoms with Gasteiger partial charge in [0, 0.05) is 45.6 Å². The zero-order valence-corrected chi connectivity index (χ0v) is 13.8. The van der Waals surface area contributed by atoms with Gasteiger partial charge in [-0.2, -0.15) is 0 Å². The largest absolute Gasteiger partial charge is 0.392 e. The summed E-state index contributed by atoms with van der Waals surface area (Å²) >= 11 is 0. The lowest BCUT2D eigenvalue weighted by Crippen LogP contribution is -2.82. The second-order valence-electron chi connectivity index (χ2n) is 7.78. The summed E-state index contributed by atoms with van der Waals surface area (Å²) in [6.45, 7) is 1.25. The van der Waals surface area contributed by atoms with Crippen LogP contribution in [0.5, 0.6) is 0 Å². The summed E-state index contributed by atoms with van der Waals surface area (Å²) in [5.74, 6) is -3.04. The molecular weight excluding hydrogens is 320 g/mol. The molecule has 3 heterocycles. The average molecular weight is 343 g/mol. The van der Waals surface area contributed by atoms with E-state index >= 15 is 0 Å². The van der Waals surface area contributed by atoms with Crippen LogP contribution in [-0.2, 0) is 9.59 Å². The fourth-order valence-corrected chi connectivity index (χ4v) is 4.87. The molecule has 1 spiro atoms. The van der Waals surface area contributed by atoms with Crippen molar-refractivity contribution in [2.45, 2.75) is 61.8 Å². The number of halogens is 2. The molecule has 0 aromatic carbocycles. The van der Waals surface area contributed by atoms with E-state index in [0.717, 1.165) is 0 Å². The molecule has 1 aliphatic carbocycles. The van der Waals surface area contributed by atoms with Crippen molar-refractivity contribution >= 4 is 11.8 Å². The van der Waals surface area contributed by atoms with Gasteiger partial charge in [-0.3, -0.25) is 24.3 Å². The zero-order valence-electron chi connectivity index (χ0n) is 13.8. The quantitative estimate of drug-likeness (QED) is 0.682. The maximum atomic E-state index is 13.3. The Morgan fingerprint density at radius 1 is 1.17 bits per heavy atom. The molecule has 134 valence electrons. The van der Waals surface area contributed by atoms with Gasteiger partial charge in [-0.25, -0.2) is 8.78 Å². The van der Waals surface area contributed by atoms with Gasteiger partial charge in [0.05, 0.1) is 12.1 Å². The first kappa shape index (κ1) is 16.4. The summed E-state index contributed by atoms with van der Waals surface area (Å²) in [5, 5.41) is 9.95. The third-order valence-electron chi connectivity index (χ3n) is 6.28. The molecule has 2 amide bonds. The summed E-state index contributed by atoms with van der Waals surface area (Å²) in [6.07, 6.45) is 0.443. The Morgan fingerprint density at radius 2 is 1.79 bits per heavy atom. The molecule has 4 rings (SSSR count). The number of nitrogens with zero attached hydrogens (tertiary/aromatic N) is 3. The standard InChI is InChI=1S/C16H23F2N3O3/c1-19-13(23)12-6-11(22)7-21(12)15(14(19)24)8-20(9-15)10-2-4-16(17,18)5-3-10/h10-12,22H,2-9H2,1H3. The third kappa shape index (κ3) is 2.23. The molecule has 1 N–H and O–H groups in total. The first-order chi connectivity index (χ1) is 11.2. The number of piperazine rings is 1. The monoisotopic (exact) mass is 343 g/mol. The van der Waals surface area contributed by atoms with Gasteiger partial charge in [0.15, 0.2) is 0 Å². The van der Waals surface area contributed by atoms with Crippen LogP contribution in [0.25, 0.3) is 0 Å². The first-order valence-corrected chi connectivity index (χ1v) is 8.62. The van der Waals surface area contributed by atoms with E-state index in [1.165, 1.54) is 11.9 Å². The smallest absolute Gasteiger partial charge is 0.252 e. The fraction of sp³-hybridized carbons (Fsp3) is 0.875. The SMILES string of the molecule is CN1C(=O)C2CC(O)CN2C2(CN(C3CCC(F)(F)CC3)C2)C1=O. The number of carbonyl (C=O) groups excluding carboxylic acids is 2. The van der Waals surface area contributed by atoms with Gasteiger partial charge >= 0.3 is 0 Å². The molecule has 8 heteroatoms. The first-order valence-electron chi connectivity index (χ1n) is 8.62. The van der Waals surface area contributed by atoms with Crippen LogP contribution in [0.15, 0.2) is 0 Å². The minimum atomic E-state index is -2.56. The summed E-state index contributed by atoms with van der Waals surface area (Å²) in [5.41, 5.74) is -0.773. The van der Waals surface area contributed by atoms with Crippen LogP contribution in [0.1, 0.15) is 32.1 Å². The maximum Gasteiger partial charge on any atom is 0.252 e. The van der Waals surface area contributed by atoms with Gasteiger partial charge in [0.1, 0.15) is 5.54 Å². The van der Waals surface area contributed by atoms with Crippen LogP contribution in [0.4, 0.5) is 8.78 Å². The minimum Gasteiger partial charge on any atom is -0.392 e. The Hall–Kier alpha value is -1.12. The Balaban J connectivity index is 1.50. The molecule has 3 aliphatic heterocycles. The van der Waals surface area contributed by atoms with Crippen LogP contribution in [0, 0.1) is 0 Å². The zero-order chi connectivity index (χ0) is 17.3. The van der Waals surface area contributed by atoms with E-state index in [1.54, 1.807) is 0 Å². The molecule has 0 radical (unpaired) electrons. The molecule has 2 unspecified atom stereocenters. The van der Waals surface area contributed by atoms with Gasteiger partial charge < -0.3 is 5.11 Å². The van der Waals surface area contributed by atoms with Crippen molar-refractivity contribution in [3.63, 3.8) is 0 Å². The van der Waals surface area contributed by atoms with Crippen molar-refractivity contribution in [2.24, 2.45) is 0 Å². The number of carbonyl (C=O) groups is 2. The Labute approximate surface area is 139 Å². The lowest BCUT2D eigenvalue weighted by atomic mass is 9.79. The molecule has 24 heavy (non-hydrogen) atoms. The second-order valence-corrected chi connectivity index (χ2v) is 7.78. The molecule has 2 atom stereocenters. The summed E-state index contributed by atoms with van der Waals surface area (Å²) in [6, 6.07) is -0.363. The predicted molar refractivity (Wildman–Crippen MR) is 80.4 cm³/mol. The van der Waals surface area contributed by atoms with Gasteiger partial charge in [0.2, 0.25) is 11.8 Å². The Bertz CT molecular complexity index is 569. The molecule has 0 aromatic rings. The number of likely N-dealkylation sites (tertiary alicyclic amines) is 1. The van der Waals surface area contributed by atoms with Crippen molar-refractivity contribution < 1.29 is 23.5 Å². The molecule has 4 aliphatic rings. The summed E-state index contributed by atoms with van der Waals surface area (Å²) in [7, 11) is 1.50. The highest BCUT2D eigenvalue weighted by Gasteiger charge is 2.64. The number of rotatable bonds is 1. The van der Waals surface area contributed by atoms with Crippen molar-refractivity contribution in [3.8, 4) is 0 Å². The number of alkyl halides is 2. The minimum absolute atomic E-state index is 0.0805. The highest BCUT2D eigenvalue weighted by atomic mass is 19.3. The van der Waals surface area contributed by atoms with Gasteiger partial charge in [0.25, 0.3) is 5.91 Å². The lowest BCUT2D eigenvalue weighted by Gasteiger charge is -2.60. The van der Waals surface area contributed by atoms with Crippen LogP contribution in [0.3, 0.4) is 0 Å². The summed E-state index contributed by atoms with van der Waals surface area (Å²) < 4.78 is 26.7. The topological polar surface area (TPSA) is 64.1 Å². The van der Waals surface area contributed by atoms with Crippen LogP contribution in [-0.4, -0.2) is 88.0 Å². The van der Waals surface area contributed by atoms with Crippen LogP contribution >= 0.6 is 0 Å². The number of β-amino-alcohol motifs (C(OH)–C–C–N with tert-alkyl or cyclic N) is 1. The van der Waals surface area contributed by atoms with E-state index in [1.807, 2.05) is 4.90 Å². The van der Waals surface area contributed by atoms with Crippen LogP contribution < -0.4 is 0 Å². The van der Waals surface area contributed by atoms with Gasteiger partial charge in [-0.1, -0.05) is 0 Å². The Morgan fingerprint density at radius 3 is 2.42 bits per heavy atom. The number of amides is 2. The second kappa shape index (κ2) is 5.19. The Kier molecular flexibility index (Phi) is 3.54. The maximum absolute atomic E-state index is 13.3.